The third-order valence-corrected chi connectivity index (χ3v) is 5.92. The van der Waals surface area contributed by atoms with Crippen molar-refractivity contribution in [3.05, 3.63) is 23.8 Å². The first-order valence-corrected chi connectivity index (χ1v) is 11.0. The maximum Gasteiger partial charge on any atom is 0.228 e. The summed E-state index contributed by atoms with van der Waals surface area (Å²) in [5, 5.41) is 3.11. The van der Waals surface area contributed by atoms with Crippen LogP contribution in [0.4, 0.5) is 11.4 Å². The minimum absolute atomic E-state index is 0.121. The summed E-state index contributed by atoms with van der Waals surface area (Å²) in [6.45, 7) is 10.6. The lowest BCUT2D eigenvalue weighted by Gasteiger charge is -2.35. The largest absolute Gasteiger partial charge is 0.377 e. The fourth-order valence-corrected chi connectivity index (χ4v) is 3.92. The van der Waals surface area contributed by atoms with Crippen LogP contribution in [0.5, 0.6) is 0 Å². The Kier molecular flexibility index (Phi) is 7.73. The Morgan fingerprint density at radius 3 is 2.31 bits per heavy atom. The average Bonchev–Trinajstić information content (AvgIpc) is 3.19. The Morgan fingerprint density at radius 1 is 1.17 bits per heavy atom. The number of rotatable bonds is 7. The first-order chi connectivity index (χ1) is 13.5. The second-order valence-corrected chi connectivity index (χ2v) is 9.65. The van der Waals surface area contributed by atoms with Crippen LogP contribution >= 0.6 is 0 Å². The molecule has 162 valence electrons. The van der Waals surface area contributed by atoms with E-state index in [1.54, 1.807) is 0 Å². The molecule has 0 heterocycles. The molecule has 1 aliphatic rings. The van der Waals surface area contributed by atoms with E-state index in [4.69, 9.17) is 0 Å². The third-order valence-electron chi connectivity index (χ3n) is 5.92. The highest BCUT2D eigenvalue weighted by Crippen LogP contribution is 2.30. The van der Waals surface area contributed by atoms with E-state index in [1.165, 1.54) is 0 Å². The van der Waals surface area contributed by atoms with E-state index in [0.29, 0.717) is 6.54 Å². The monoisotopic (exact) mass is 401 g/mol. The summed E-state index contributed by atoms with van der Waals surface area (Å²) < 4.78 is 0. The molecule has 0 spiro atoms. The zero-order chi connectivity index (χ0) is 21.8. The molecule has 1 saturated carbocycles. The zero-order valence-electron chi connectivity index (χ0n) is 19.3. The van der Waals surface area contributed by atoms with Gasteiger partial charge in [0.05, 0.1) is 0 Å². The van der Waals surface area contributed by atoms with Crippen molar-refractivity contribution in [3.8, 4) is 0 Å². The van der Waals surface area contributed by atoms with Gasteiger partial charge < -0.3 is 15.1 Å². The van der Waals surface area contributed by atoms with Crippen LogP contribution < -0.4 is 10.2 Å². The molecular formula is C24H39N3O2. The lowest BCUT2D eigenvalue weighted by molar-refractivity contribution is -0.142. The molecule has 5 heteroatoms. The number of hydrogen-bond acceptors (Lipinski definition) is 3. The Labute approximate surface area is 176 Å². The molecule has 0 radical (unpaired) electrons. The van der Waals surface area contributed by atoms with E-state index in [2.05, 4.69) is 24.1 Å². The Hall–Kier alpha value is -2.04. The van der Waals surface area contributed by atoms with Crippen LogP contribution in [0.15, 0.2) is 18.2 Å². The fourth-order valence-electron chi connectivity index (χ4n) is 3.92. The molecule has 2 rings (SSSR count). The number of nitrogens with one attached hydrogen (secondary N) is 1. The van der Waals surface area contributed by atoms with Crippen LogP contribution in [-0.2, 0) is 16.1 Å². The maximum absolute atomic E-state index is 13.1. The van der Waals surface area contributed by atoms with E-state index < -0.39 is 5.41 Å². The van der Waals surface area contributed by atoms with Crippen molar-refractivity contribution in [2.45, 2.75) is 79.3 Å². The van der Waals surface area contributed by atoms with Gasteiger partial charge in [-0.15, -0.1) is 0 Å². The van der Waals surface area contributed by atoms with Crippen LogP contribution in [0.3, 0.4) is 0 Å². The second kappa shape index (κ2) is 9.64. The van der Waals surface area contributed by atoms with E-state index >= 15 is 0 Å². The standard InChI is InChI=1S/C24H39N3O2/c1-8-17(2)27(23(29)24(3,4)5)16-19-15-20(13-14-21(19)26(6)7)25-22(28)18-11-9-10-12-18/h13-15,17-18H,8-12,16H2,1-7H3,(H,25,28)/t17-/m1/s1. The molecule has 0 aliphatic heterocycles. The summed E-state index contributed by atoms with van der Waals surface area (Å²) in [6, 6.07) is 6.18. The summed E-state index contributed by atoms with van der Waals surface area (Å²) in [4.78, 5) is 29.7. The van der Waals surface area contributed by atoms with Crippen molar-refractivity contribution in [1.82, 2.24) is 4.90 Å². The number of hydrogen-bond donors (Lipinski definition) is 1. The molecule has 0 unspecified atom stereocenters. The molecule has 2 amide bonds. The lowest BCUT2D eigenvalue weighted by Crippen LogP contribution is -2.44. The van der Waals surface area contributed by atoms with Crippen LogP contribution in [0.2, 0.25) is 0 Å². The minimum atomic E-state index is -0.435. The van der Waals surface area contributed by atoms with Crippen molar-refractivity contribution in [2.24, 2.45) is 11.3 Å². The number of carbonyl (C=O) groups excluding carboxylic acids is 2. The summed E-state index contributed by atoms with van der Waals surface area (Å²) >= 11 is 0. The average molecular weight is 402 g/mol. The van der Waals surface area contributed by atoms with Gasteiger partial charge in [-0.2, -0.15) is 0 Å². The van der Waals surface area contributed by atoms with Gasteiger partial charge in [-0.3, -0.25) is 9.59 Å². The normalized spacial score (nSPS) is 15.8. The summed E-state index contributed by atoms with van der Waals surface area (Å²) in [7, 11) is 4.02. The van der Waals surface area contributed by atoms with E-state index in [0.717, 1.165) is 49.0 Å². The molecule has 29 heavy (non-hydrogen) atoms. The smallest absolute Gasteiger partial charge is 0.228 e. The molecule has 1 fully saturated rings. The van der Waals surface area contributed by atoms with E-state index in [1.807, 2.05) is 58.0 Å². The predicted molar refractivity (Wildman–Crippen MR) is 121 cm³/mol. The number of carbonyl (C=O) groups is 2. The number of anilines is 2. The van der Waals surface area contributed by atoms with Crippen molar-refractivity contribution in [2.75, 3.05) is 24.3 Å². The van der Waals surface area contributed by atoms with Crippen LogP contribution in [-0.4, -0.2) is 36.9 Å². The molecular weight excluding hydrogens is 362 g/mol. The number of benzene rings is 1. The maximum atomic E-state index is 13.1. The third kappa shape index (κ3) is 5.97. The molecule has 0 saturated heterocycles. The fraction of sp³-hybridized carbons (Fsp3) is 0.667. The molecule has 0 bridgehead atoms. The van der Waals surface area contributed by atoms with Crippen molar-refractivity contribution in [1.29, 1.82) is 0 Å². The highest BCUT2D eigenvalue weighted by Gasteiger charge is 2.30. The van der Waals surface area contributed by atoms with Gasteiger partial charge in [0.25, 0.3) is 0 Å². The van der Waals surface area contributed by atoms with Gasteiger partial charge in [-0.1, -0.05) is 40.5 Å². The van der Waals surface area contributed by atoms with Crippen molar-refractivity contribution < 1.29 is 9.59 Å². The molecule has 1 aromatic rings. The van der Waals surface area contributed by atoms with E-state index in [9.17, 15) is 9.59 Å². The minimum Gasteiger partial charge on any atom is -0.377 e. The quantitative estimate of drug-likeness (QED) is 0.695. The Balaban J connectivity index is 2.31. The molecule has 1 aliphatic carbocycles. The highest BCUT2D eigenvalue weighted by atomic mass is 16.2. The predicted octanol–water partition coefficient (Wildman–Crippen LogP) is 5.05. The van der Waals surface area contributed by atoms with Crippen LogP contribution in [0, 0.1) is 11.3 Å². The van der Waals surface area contributed by atoms with Crippen LogP contribution in [0.25, 0.3) is 0 Å². The summed E-state index contributed by atoms with van der Waals surface area (Å²) in [5.74, 6) is 0.401. The zero-order valence-corrected chi connectivity index (χ0v) is 19.3. The molecule has 5 nitrogen and oxygen atoms in total. The van der Waals surface area contributed by atoms with Gasteiger partial charge in [0.1, 0.15) is 0 Å². The second-order valence-electron chi connectivity index (χ2n) is 9.65. The van der Waals surface area contributed by atoms with Gasteiger partial charge in [0, 0.05) is 49.4 Å². The first kappa shape index (κ1) is 23.2. The Bertz CT molecular complexity index is 715. The number of amides is 2. The Morgan fingerprint density at radius 2 is 1.79 bits per heavy atom. The molecule has 1 aromatic carbocycles. The summed E-state index contributed by atoms with van der Waals surface area (Å²) in [5.41, 5.74) is 2.50. The van der Waals surface area contributed by atoms with Gasteiger partial charge in [0.2, 0.25) is 11.8 Å². The number of nitrogens with zero attached hydrogens (tertiary/aromatic N) is 2. The molecule has 1 N–H and O–H groups in total. The van der Waals surface area contributed by atoms with Gasteiger partial charge in [0.15, 0.2) is 0 Å². The highest BCUT2D eigenvalue weighted by molar-refractivity contribution is 5.93. The van der Waals surface area contributed by atoms with Gasteiger partial charge in [-0.25, -0.2) is 0 Å². The van der Waals surface area contributed by atoms with Crippen molar-refractivity contribution >= 4 is 23.2 Å². The SMILES string of the molecule is CC[C@@H](C)N(Cc1cc(NC(=O)C2CCCC2)ccc1N(C)C)C(=O)C(C)(C)C. The van der Waals surface area contributed by atoms with E-state index in [-0.39, 0.29) is 23.8 Å². The molecule has 0 aromatic heterocycles. The molecule has 1 atom stereocenters. The van der Waals surface area contributed by atoms with Gasteiger partial charge >= 0.3 is 0 Å². The topological polar surface area (TPSA) is 52.7 Å². The summed E-state index contributed by atoms with van der Waals surface area (Å²) in [6.07, 6.45) is 5.15. The lowest BCUT2D eigenvalue weighted by atomic mass is 9.93. The first-order valence-electron chi connectivity index (χ1n) is 11.0. The van der Waals surface area contributed by atoms with Crippen LogP contribution in [0.1, 0.15) is 72.3 Å². The van der Waals surface area contributed by atoms with Crippen molar-refractivity contribution in [3.63, 3.8) is 0 Å². The van der Waals surface area contributed by atoms with Gasteiger partial charge in [-0.05, 0) is 49.9 Å².